The molecule has 3 fully saturated rings. The van der Waals surface area contributed by atoms with Crippen molar-refractivity contribution in [2.75, 3.05) is 21.3 Å². The van der Waals surface area contributed by atoms with Crippen LogP contribution in [0.2, 0.25) is 0 Å². The molecular formula is C31H32FNO6. The van der Waals surface area contributed by atoms with Crippen molar-refractivity contribution in [3.05, 3.63) is 89.2 Å². The van der Waals surface area contributed by atoms with E-state index in [1.807, 2.05) is 18.2 Å². The number of fused-ring (bicyclic) bond motifs is 1. The molecule has 2 aliphatic heterocycles. The zero-order valence-corrected chi connectivity index (χ0v) is 22.1. The number of esters is 1. The number of ether oxygens (including phenoxy) is 5. The van der Waals surface area contributed by atoms with Gasteiger partial charge in [0.25, 0.3) is 0 Å². The second-order valence-corrected chi connectivity index (χ2v) is 9.78. The van der Waals surface area contributed by atoms with Crippen LogP contribution >= 0.6 is 0 Å². The second kappa shape index (κ2) is 11.5. The van der Waals surface area contributed by atoms with E-state index >= 15 is 0 Å². The quantitative estimate of drug-likeness (QED) is 0.220. The molecule has 5 unspecified atom stereocenters. The molecule has 0 aromatic heterocycles. The lowest BCUT2D eigenvalue weighted by molar-refractivity contribution is -0.148. The molecule has 3 aromatic rings. The third-order valence-electron chi connectivity index (χ3n) is 7.58. The Morgan fingerprint density at radius 2 is 1.72 bits per heavy atom. The van der Waals surface area contributed by atoms with Gasteiger partial charge in [-0.1, -0.05) is 36.4 Å². The van der Waals surface area contributed by atoms with Gasteiger partial charge < -0.3 is 29.4 Å². The van der Waals surface area contributed by atoms with E-state index in [1.54, 1.807) is 42.5 Å². The molecule has 6 rings (SSSR count). The van der Waals surface area contributed by atoms with Gasteiger partial charge in [-0.15, -0.1) is 0 Å². The fraction of sp³-hybridized carbons (Fsp3) is 0.323. The lowest BCUT2D eigenvalue weighted by Gasteiger charge is -2.41. The van der Waals surface area contributed by atoms with Crippen LogP contribution in [0.3, 0.4) is 0 Å². The summed E-state index contributed by atoms with van der Waals surface area (Å²) in [4.78, 5) is 12.7. The normalized spacial score (nSPS) is 22.3. The van der Waals surface area contributed by atoms with Gasteiger partial charge in [0, 0.05) is 23.6 Å². The van der Waals surface area contributed by atoms with Gasteiger partial charge in [0.1, 0.15) is 11.6 Å². The summed E-state index contributed by atoms with van der Waals surface area (Å²) in [5, 5.41) is 0. The number of carbonyl (C=O) groups excluding carboxylic acids is 1. The van der Waals surface area contributed by atoms with Gasteiger partial charge in [0.05, 0.1) is 33.5 Å². The topological polar surface area (TPSA) is 89.2 Å². The highest BCUT2D eigenvalue weighted by Gasteiger charge is 2.57. The highest BCUT2D eigenvalue weighted by Crippen LogP contribution is 2.52. The van der Waals surface area contributed by atoms with Crippen LogP contribution in [0.1, 0.15) is 29.2 Å². The smallest absolute Gasteiger partial charge is 0.336 e. The SMILES string of the molecule is COc1cc(/C=C/C(=O)Oc2ccccc2CC2CC3OC2C3C(N)c2ccccc2F)cc(OC)c1OC. The van der Waals surface area contributed by atoms with Crippen LogP contribution in [0.25, 0.3) is 6.08 Å². The molecule has 1 aliphatic carbocycles. The van der Waals surface area contributed by atoms with Crippen LogP contribution in [0.5, 0.6) is 23.0 Å². The molecule has 5 atom stereocenters. The minimum atomic E-state index is -0.511. The summed E-state index contributed by atoms with van der Waals surface area (Å²) >= 11 is 0. The number of rotatable bonds is 10. The summed E-state index contributed by atoms with van der Waals surface area (Å²) < 4.78 is 42.2. The first kappa shape index (κ1) is 26.7. The third kappa shape index (κ3) is 5.35. The van der Waals surface area contributed by atoms with Crippen molar-refractivity contribution in [2.24, 2.45) is 17.6 Å². The van der Waals surface area contributed by atoms with Crippen molar-refractivity contribution in [1.82, 2.24) is 0 Å². The van der Waals surface area contributed by atoms with Crippen LogP contribution in [-0.2, 0) is 16.0 Å². The van der Waals surface area contributed by atoms with Gasteiger partial charge in [0.15, 0.2) is 11.5 Å². The summed E-state index contributed by atoms with van der Waals surface area (Å²) in [6, 6.07) is 17.2. The van der Waals surface area contributed by atoms with E-state index < -0.39 is 12.0 Å². The molecule has 0 amide bonds. The fourth-order valence-electron chi connectivity index (χ4n) is 5.72. The highest BCUT2D eigenvalue weighted by molar-refractivity contribution is 5.89. The number of nitrogens with two attached hydrogens (primary N) is 1. The van der Waals surface area contributed by atoms with Gasteiger partial charge in [-0.3, -0.25) is 0 Å². The van der Waals surface area contributed by atoms with Crippen molar-refractivity contribution in [3.63, 3.8) is 0 Å². The summed E-state index contributed by atoms with van der Waals surface area (Å²) in [5.41, 5.74) is 8.61. The third-order valence-corrected chi connectivity index (χ3v) is 7.58. The van der Waals surface area contributed by atoms with Crippen LogP contribution in [0.15, 0.2) is 66.7 Å². The zero-order chi connectivity index (χ0) is 27.5. The van der Waals surface area contributed by atoms with E-state index in [9.17, 15) is 9.18 Å². The molecule has 2 N–H and O–H groups in total. The monoisotopic (exact) mass is 533 g/mol. The predicted molar refractivity (Wildman–Crippen MR) is 144 cm³/mol. The molecule has 204 valence electrons. The van der Waals surface area contributed by atoms with E-state index in [-0.39, 0.29) is 29.9 Å². The number of carbonyl (C=O) groups is 1. The molecule has 2 bridgehead atoms. The van der Waals surface area contributed by atoms with Crippen molar-refractivity contribution in [3.8, 4) is 23.0 Å². The first-order valence-electron chi connectivity index (χ1n) is 12.9. The van der Waals surface area contributed by atoms with Crippen LogP contribution in [0, 0.1) is 17.7 Å². The van der Waals surface area contributed by atoms with Crippen molar-refractivity contribution >= 4 is 12.0 Å². The largest absolute Gasteiger partial charge is 0.493 e. The number of methoxy groups -OCH3 is 3. The first-order chi connectivity index (χ1) is 18.9. The van der Waals surface area contributed by atoms with Gasteiger partial charge in [-0.05, 0) is 60.2 Å². The highest BCUT2D eigenvalue weighted by atomic mass is 19.1. The zero-order valence-electron chi connectivity index (χ0n) is 22.1. The molecule has 2 heterocycles. The van der Waals surface area contributed by atoms with E-state index in [0.717, 1.165) is 12.0 Å². The Hall–Kier alpha value is -3.88. The van der Waals surface area contributed by atoms with E-state index in [1.165, 1.54) is 33.5 Å². The molecule has 0 radical (unpaired) electrons. The number of para-hydroxylation sites is 1. The van der Waals surface area contributed by atoms with Crippen molar-refractivity contribution in [1.29, 1.82) is 0 Å². The molecule has 2 saturated heterocycles. The van der Waals surface area contributed by atoms with Gasteiger partial charge in [-0.2, -0.15) is 0 Å². The van der Waals surface area contributed by atoms with Crippen LogP contribution in [0.4, 0.5) is 4.39 Å². The summed E-state index contributed by atoms with van der Waals surface area (Å²) in [6.07, 6.45) is 4.43. The fourth-order valence-corrected chi connectivity index (χ4v) is 5.72. The summed E-state index contributed by atoms with van der Waals surface area (Å²) in [7, 11) is 4.60. The van der Waals surface area contributed by atoms with Gasteiger partial charge >= 0.3 is 5.97 Å². The number of hydrogen-bond acceptors (Lipinski definition) is 7. The summed E-state index contributed by atoms with van der Waals surface area (Å²) in [6.45, 7) is 0. The molecular weight excluding hydrogens is 501 g/mol. The Bertz CT molecular complexity index is 1350. The average Bonchev–Trinajstić information content (AvgIpc) is 3.51. The maximum Gasteiger partial charge on any atom is 0.336 e. The molecule has 3 aliphatic rings. The maximum absolute atomic E-state index is 14.3. The Balaban J connectivity index is 1.26. The van der Waals surface area contributed by atoms with Gasteiger partial charge in [-0.25, -0.2) is 9.18 Å². The lowest BCUT2D eigenvalue weighted by atomic mass is 9.83. The maximum atomic E-state index is 14.3. The van der Waals surface area contributed by atoms with E-state index in [4.69, 9.17) is 29.4 Å². The summed E-state index contributed by atoms with van der Waals surface area (Å²) in [5.74, 6) is 1.40. The Kier molecular flexibility index (Phi) is 7.86. The van der Waals surface area contributed by atoms with Crippen LogP contribution in [-0.4, -0.2) is 39.5 Å². The Labute approximate surface area is 227 Å². The number of benzene rings is 3. The lowest BCUT2D eigenvalue weighted by Crippen LogP contribution is -2.48. The molecule has 7 nitrogen and oxygen atoms in total. The predicted octanol–water partition coefficient (Wildman–Crippen LogP) is 5.12. The standard InChI is InChI=1S/C31H32FNO6/c1-35-25-14-18(15-26(36-2)31(25)37-3)12-13-27(34)38-23-11-7-4-8-19(23)16-20-17-24-28(30(20)39-24)29(33)21-9-5-6-10-22(21)32/h4-15,20,24,28-30H,16-17,33H2,1-3H3/b13-12+. The Morgan fingerprint density at radius 3 is 2.41 bits per heavy atom. The average molecular weight is 534 g/mol. The van der Waals surface area contributed by atoms with Crippen molar-refractivity contribution in [2.45, 2.75) is 31.1 Å². The molecule has 39 heavy (non-hydrogen) atoms. The van der Waals surface area contributed by atoms with Gasteiger partial charge in [0.2, 0.25) is 5.75 Å². The number of halogens is 1. The molecule has 3 aromatic carbocycles. The van der Waals surface area contributed by atoms with Crippen LogP contribution < -0.4 is 24.7 Å². The Morgan fingerprint density at radius 1 is 1.03 bits per heavy atom. The number of hydrogen-bond donors (Lipinski definition) is 1. The second-order valence-electron chi connectivity index (χ2n) is 9.78. The molecule has 1 saturated carbocycles. The minimum absolute atomic E-state index is 0.00531. The first-order valence-corrected chi connectivity index (χ1v) is 12.9. The molecule has 0 spiro atoms. The molecule has 8 heteroatoms. The van der Waals surface area contributed by atoms with Crippen molar-refractivity contribution < 1.29 is 32.9 Å². The van der Waals surface area contributed by atoms with E-state index in [0.29, 0.717) is 40.5 Å². The van der Waals surface area contributed by atoms with E-state index in [2.05, 4.69) is 0 Å². The minimum Gasteiger partial charge on any atom is -0.493 e.